The molecule has 0 saturated heterocycles. The molecular formula is C86H65ClF12N34. The molecule has 0 amide bonds. The lowest BCUT2D eigenvalue weighted by molar-refractivity contribution is -0.143. The Bertz CT molecular complexity index is 7590. The second-order valence-electron chi connectivity index (χ2n) is 29.2. The third kappa shape index (κ3) is 20.7. The number of aromatic amines is 2. The molecule has 0 atom stereocenters. The summed E-state index contributed by atoms with van der Waals surface area (Å²) in [7, 11) is 0. The van der Waals surface area contributed by atoms with Crippen LogP contribution in [0, 0.1) is 34.9 Å². The summed E-state index contributed by atoms with van der Waals surface area (Å²) in [6.45, 7) is -2.45. The van der Waals surface area contributed by atoms with Gasteiger partial charge < -0.3 is 44.9 Å². The van der Waals surface area contributed by atoms with Gasteiger partial charge in [-0.3, -0.25) is 5.10 Å². The molecule has 670 valence electrons. The molecule has 10 N–H and O–H groups in total. The van der Waals surface area contributed by atoms with Crippen molar-refractivity contribution in [2.24, 2.45) is 0 Å². The molecule has 0 fully saturated rings. The predicted octanol–water partition coefficient (Wildman–Crippen LogP) is 13.9. The van der Waals surface area contributed by atoms with Gasteiger partial charge in [-0.2, -0.15) is 56.4 Å². The van der Waals surface area contributed by atoms with Gasteiger partial charge >= 0.3 is 12.4 Å². The topological polar surface area (TPSA) is 430 Å². The average molecular weight is 1840 g/mol. The first-order chi connectivity index (χ1) is 64.1. The van der Waals surface area contributed by atoms with Crippen LogP contribution in [0.4, 0.5) is 76.5 Å². The van der Waals surface area contributed by atoms with Gasteiger partial charge in [0.25, 0.3) is 0 Å². The molecule has 15 heterocycles. The molecule has 15 aromatic heterocycles. The van der Waals surface area contributed by atoms with Gasteiger partial charge in [-0.1, -0.05) is 103 Å². The van der Waals surface area contributed by atoms with Crippen LogP contribution in [0.1, 0.15) is 61.9 Å². The fourth-order valence-corrected chi connectivity index (χ4v) is 14.1. The van der Waals surface area contributed by atoms with Gasteiger partial charge in [0.15, 0.2) is 39.9 Å². The van der Waals surface area contributed by atoms with E-state index in [1.807, 2.05) is 8.80 Å². The van der Waals surface area contributed by atoms with E-state index in [1.54, 1.807) is 184 Å². The van der Waals surface area contributed by atoms with Crippen molar-refractivity contribution in [1.82, 2.24) is 146 Å². The number of rotatable bonds is 19. The summed E-state index contributed by atoms with van der Waals surface area (Å²) in [6.07, 6.45) is 17.1. The number of fused-ring (bicyclic) bond motifs is 5. The number of nitrogens with two attached hydrogens (primary N) is 4. The maximum Gasteiger partial charge on any atom is 0.408 e. The summed E-state index contributed by atoms with van der Waals surface area (Å²) < 4.78 is 171. The third-order valence-electron chi connectivity index (χ3n) is 19.9. The van der Waals surface area contributed by atoms with Crippen LogP contribution >= 0.6 is 11.6 Å². The smallest absolute Gasteiger partial charge is 0.368 e. The fraction of sp³-hybridized carbons (Fsp3) is 0.116. The lowest BCUT2D eigenvalue weighted by Gasteiger charge is -2.10. The highest BCUT2D eigenvalue weighted by atomic mass is 35.5. The van der Waals surface area contributed by atoms with E-state index < -0.39 is 37.1 Å². The van der Waals surface area contributed by atoms with Crippen LogP contribution in [-0.2, 0) is 51.7 Å². The molecule has 0 spiro atoms. The molecule has 133 heavy (non-hydrogen) atoms. The van der Waals surface area contributed by atoms with Gasteiger partial charge in [0.1, 0.15) is 76.5 Å². The summed E-state index contributed by atoms with van der Waals surface area (Å²) in [6, 6.07) is 38.4. The Labute approximate surface area is 744 Å². The highest BCUT2D eigenvalue weighted by Crippen LogP contribution is 2.31. The van der Waals surface area contributed by atoms with Crippen molar-refractivity contribution in [1.29, 1.82) is 0 Å². The van der Waals surface area contributed by atoms with Crippen LogP contribution in [0.5, 0.6) is 0 Å². The molecule has 0 aliphatic carbocycles. The number of benzene rings is 6. The van der Waals surface area contributed by atoms with Crippen LogP contribution in [-0.4, -0.2) is 159 Å². The zero-order valence-electron chi connectivity index (χ0n) is 68.4. The van der Waals surface area contributed by atoms with Crippen molar-refractivity contribution in [2.75, 3.05) is 22.9 Å². The fourth-order valence-electron chi connectivity index (χ4n) is 13.9. The summed E-state index contributed by atoms with van der Waals surface area (Å²) in [5.74, 6) is -1.40. The zero-order chi connectivity index (χ0) is 92.8. The van der Waals surface area contributed by atoms with Gasteiger partial charge in [-0.25, -0.2) is 95.3 Å². The SMILES string of the molecule is Fc1ccccc1Cc1nc(-c2n[nH]c(Cl)n2)cn2ccnc12.Nc1n[nH]c(-c2cn3ccnc3c(Cc3ccccc3F)n2)n1.Nc1nc(-c2cn3ccnc3c(Cc3ccccc3F)n2)n(CC(F)(F)F)n1.Nc1nc(-c2cn3ccnc3c(Cc3ccccc3F)n2)nn1CC(F)(F)F.Nc1nc(-c2cn3ccnc3c(Cc3ccccc3F)n2)nn1Cc1cccc(F)c1. The molecule has 6 aromatic carbocycles. The number of anilines is 4. The van der Waals surface area contributed by atoms with Crippen LogP contribution in [0.3, 0.4) is 0 Å². The number of imidazole rings is 5. The highest BCUT2D eigenvalue weighted by molar-refractivity contribution is 6.28. The van der Waals surface area contributed by atoms with Gasteiger partial charge in [-0.05, 0) is 87.4 Å². The van der Waals surface area contributed by atoms with Crippen LogP contribution in [0.25, 0.3) is 85.8 Å². The summed E-state index contributed by atoms with van der Waals surface area (Å²) >= 11 is 5.77. The van der Waals surface area contributed by atoms with E-state index in [2.05, 4.69) is 110 Å². The second kappa shape index (κ2) is 37.6. The molecule has 0 aliphatic heterocycles. The molecule has 47 heteroatoms. The molecule has 0 unspecified atom stereocenters. The molecule has 21 rings (SSSR count). The normalized spacial score (nSPS) is 11.6. The Morgan fingerprint density at radius 1 is 0.331 bits per heavy atom. The maximum atomic E-state index is 14.2. The van der Waals surface area contributed by atoms with Gasteiger partial charge in [0.2, 0.25) is 46.6 Å². The largest absolute Gasteiger partial charge is 0.408 e. The van der Waals surface area contributed by atoms with Gasteiger partial charge in [0.05, 0.1) is 35.0 Å². The third-order valence-corrected chi connectivity index (χ3v) is 20.1. The summed E-state index contributed by atoms with van der Waals surface area (Å²) in [4.78, 5) is 64.1. The number of halogens is 13. The number of H-pyrrole nitrogens is 2. The van der Waals surface area contributed by atoms with Crippen LogP contribution in [0.15, 0.2) is 239 Å². The van der Waals surface area contributed by atoms with E-state index >= 15 is 0 Å². The van der Waals surface area contributed by atoms with Crippen LogP contribution in [0.2, 0.25) is 5.28 Å². The Morgan fingerprint density at radius 2 is 0.684 bits per heavy atom. The van der Waals surface area contributed by atoms with Gasteiger partial charge in [0, 0.05) is 125 Å². The Morgan fingerprint density at radius 3 is 1.05 bits per heavy atom. The number of alkyl halides is 6. The number of nitrogens with zero attached hydrogens (tertiary/aromatic N) is 28. The standard InChI is InChI=1S/C22H17F2N7.2C17H13F4N7.C15H10ClFN6.C15H12FN7/c23-16-6-3-4-14(10-16)12-31-22(25)28-20(29-31)19-13-30-9-8-26-21(30)18(27-19)11-15-5-1-2-7-17(15)24;18-11-4-2-1-3-10(11)7-12-15-23-5-6-27(15)8-13(24-12)14-25-16(22)28(26-14)9-17(19,20)21;18-11-4-2-1-3-10(11)7-12-14-23-5-6-27(14)8-13(24-12)15-25-16(22)26-28(15)9-17(19,20)21;16-15-20-13(21-22-15)12-8-23-6-5-18-14(23)11(19-12)7-9-3-1-2-4-10(9)17;16-10-4-2-1-3-9(10)7-11-14-18-5-6-23(14)8-12(19-11)13-20-15(17)22-21-13/h1-10,13H,11-12H2,(H2,25,28,29);1-6,8H,7,9H2,(H2,22,25,26);1-6,8H,7,9H2,(H2,22,26);1-6,8H,7H2,(H,20,21,22);1-6,8H,7H2,(H3,17,20,21,22). The Hall–Kier alpha value is -17.2. The highest BCUT2D eigenvalue weighted by Gasteiger charge is 2.33. The van der Waals surface area contributed by atoms with Crippen molar-refractivity contribution in [2.45, 2.75) is 64.1 Å². The first-order valence-electron chi connectivity index (χ1n) is 39.6. The number of hydrogen-bond donors (Lipinski definition) is 6. The van der Waals surface area contributed by atoms with Crippen molar-refractivity contribution in [3.63, 3.8) is 0 Å². The van der Waals surface area contributed by atoms with Crippen molar-refractivity contribution < 1.29 is 52.7 Å². The maximum absolute atomic E-state index is 14.2. The van der Waals surface area contributed by atoms with Crippen molar-refractivity contribution in [3.8, 4) is 57.6 Å². The van der Waals surface area contributed by atoms with Gasteiger partial charge in [-0.15, -0.1) is 20.4 Å². The quantitative estimate of drug-likeness (QED) is 0.0409. The first-order valence-corrected chi connectivity index (χ1v) is 40.0. The molecule has 0 bridgehead atoms. The van der Waals surface area contributed by atoms with Crippen LogP contribution < -0.4 is 22.9 Å². The number of hydrogen-bond acceptors (Lipinski definition) is 24. The van der Waals surface area contributed by atoms with Crippen molar-refractivity contribution >= 4 is 63.6 Å². The number of nitrogen functional groups attached to an aromatic ring is 4. The van der Waals surface area contributed by atoms with Crippen molar-refractivity contribution in [3.05, 3.63) is 341 Å². The lowest BCUT2D eigenvalue weighted by atomic mass is 10.1. The molecule has 21 aromatic rings. The Kier molecular flexibility index (Phi) is 24.8. The predicted molar refractivity (Wildman–Crippen MR) is 459 cm³/mol. The van der Waals surface area contributed by atoms with E-state index in [9.17, 15) is 52.7 Å². The molecule has 34 nitrogen and oxygen atoms in total. The van der Waals surface area contributed by atoms with E-state index in [4.69, 9.17) is 34.5 Å². The van der Waals surface area contributed by atoms with E-state index in [0.29, 0.717) is 147 Å². The lowest BCUT2D eigenvalue weighted by Crippen LogP contribution is -2.20. The minimum Gasteiger partial charge on any atom is -0.368 e. The Balaban J connectivity index is 0.000000116. The van der Waals surface area contributed by atoms with E-state index in [-0.39, 0.29) is 101 Å². The zero-order valence-corrected chi connectivity index (χ0v) is 69.2. The summed E-state index contributed by atoms with van der Waals surface area (Å²) in [5.41, 5.74) is 33.2. The first kappa shape index (κ1) is 87.8. The van der Waals surface area contributed by atoms with E-state index in [0.717, 1.165) is 0 Å². The minimum absolute atomic E-state index is 0.0628. The number of aromatic nitrogens is 30. The molecule has 0 saturated carbocycles. The molecule has 0 aliphatic rings. The molecule has 0 radical (unpaired) electrons. The second-order valence-corrected chi connectivity index (χ2v) is 29.6. The summed E-state index contributed by atoms with van der Waals surface area (Å²) in [5, 5.41) is 25.2. The molecular weight excluding hydrogens is 1770 g/mol. The van der Waals surface area contributed by atoms with E-state index in [1.165, 1.54) is 71.9 Å². The monoisotopic (exact) mass is 1840 g/mol. The number of nitrogens with one attached hydrogen (secondary N) is 2. The average Bonchev–Trinajstić information content (AvgIpc) is 1.66. The minimum atomic E-state index is -4.51.